The monoisotopic (exact) mass is 291 g/mol. The Morgan fingerprint density at radius 3 is 2.32 bits per heavy atom. The number of aryl methyl sites for hydroxylation is 1. The van der Waals surface area contributed by atoms with Crippen molar-refractivity contribution < 1.29 is 4.79 Å². The molecule has 0 aliphatic rings. The van der Waals surface area contributed by atoms with Crippen molar-refractivity contribution in [3.63, 3.8) is 0 Å². The largest absolute Gasteiger partial charge is 0.286 e. The van der Waals surface area contributed by atoms with Gasteiger partial charge in [0.25, 0.3) is 0 Å². The molecular formula is C20H21NO. The first-order chi connectivity index (χ1) is 10.4. The van der Waals surface area contributed by atoms with Crippen molar-refractivity contribution in [1.82, 2.24) is 4.57 Å². The smallest absolute Gasteiger partial charge is 0.236 e. The van der Waals surface area contributed by atoms with Crippen molar-refractivity contribution in [2.75, 3.05) is 0 Å². The fraction of sp³-hybridized carbons (Fsp3) is 0.250. The van der Waals surface area contributed by atoms with Crippen LogP contribution in [0.15, 0.2) is 54.7 Å². The maximum Gasteiger partial charge on any atom is 0.236 e. The van der Waals surface area contributed by atoms with Crippen LogP contribution in [0.2, 0.25) is 0 Å². The topological polar surface area (TPSA) is 22.0 Å². The summed E-state index contributed by atoms with van der Waals surface area (Å²) in [5, 5.41) is 1.12. The second-order valence-corrected chi connectivity index (χ2v) is 6.85. The molecule has 0 radical (unpaired) electrons. The first-order valence-electron chi connectivity index (χ1n) is 7.60. The quantitative estimate of drug-likeness (QED) is 0.596. The molecule has 3 rings (SSSR count). The van der Waals surface area contributed by atoms with Gasteiger partial charge >= 0.3 is 0 Å². The predicted octanol–water partition coefficient (Wildman–Crippen LogP) is 5.30. The van der Waals surface area contributed by atoms with Crippen LogP contribution in [-0.2, 0) is 0 Å². The molecule has 0 bridgehead atoms. The maximum atomic E-state index is 12.8. The number of carbonyl (C=O) groups is 1. The Kier molecular flexibility index (Phi) is 3.40. The summed E-state index contributed by atoms with van der Waals surface area (Å²) in [6.07, 6.45) is 1.98. The summed E-state index contributed by atoms with van der Waals surface area (Å²) in [6.45, 7) is 7.93. The van der Waals surface area contributed by atoms with Gasteiger partial charge < -0.3 is 0 Å². The van der Waals surface area contributed by atoms with Crippen LogP contribution in [0.25, 0.3) is 22.0 Å². The van der Waals surface area contributed by atoms with Crippen molar-refractivity contribution in [3.8, 4) is 11.1 Å². The van der Waals surface area contributed by atoms with Crippen molar-refractivity contribution >= 4 is 16.8 Å². The average Bonchev–Trinajstić information content (AvgIpc) is 2.85. The van der Waals surface area contributed by atoms with E-state index in [0.717, 1.165) is 27.6 Å². The Morgan fingerprint density at radius 1 is 1.00 bits per heavy atom. The van der Waals surface area contributed by atoms with Crippen molar-refractivity contribution in [2.24, 2.45) is 5.41 Å². The third-order valence-electron chi connectivity index (χ3n) is 3.91. The van der Waals surface area contributed by atoms with E-state index in [-0.39, 0.29) is 5.91 Å². The molecule has 22 heavy (non-hydrogen) atoms. The zero-order chi connectivity index (χ0) is 15.9. The number of aromatic nitrogens is 1. The molecule has 0 aliphatic heterocycles. The summed E-state index contributed by atoms with van der Waals surface area (Å²) in [6, 6.07) is 16.5. The highest BCUT2D eigenvalue weighted by atomic mass is 16.2. The second-order valence-electron chi connectivity index (χ2n) is 6.85. The van der Waals surface area contributed by atoms with E-state index in [4.69, 9.17) is 0 Å². The first-order valence-corrected chi connectivity index (χ1v) is 7.60. The molecule has 0 unspecified atom stereocenters. The van der Waals surface area contributed by atoms with Gasteiger partial charge in [0, 0.05) is 22.6 Å². The van der Waals surface area contributed by atoms with Gasteiger partial charge in [-0.25, -0.2) is 0 Å². The summed E-state index contributed by atoms with van der Waals surface area (Å²) in [5.74, 6) is 0.116. The van der Waals surface area contributed by atoms with Gasteiger partial charge in [0.15, 0.2) is 0 Å². The summed E-state index contributed by atoms with van der Waals surface area (Å²) in [5.41, 5.74) is 3.97. The van der Waals surface area contributed by atoms with E-state index in [0.29, 0.717) is 0 Å². The minimum absolute atomic E-state index is 0.116. The number of carbonyl (C=O) groups excluding carboxylic acids is 1. The van der Waals surface area contributed by atoms with Crippen LogP contribution in [0.5, 0.6) is 0 Å². The lowest BCUT2D eigenvalue weighted by molar-refractivity contribution is 0.0773. The summed E-state index contributed by atoms with van der Waals surface area (Å²) >= 11 is 0. The third-order valence-corrected chi connectivity index (χ3v) is 3.91. The molecule has 1 aromatic heterocycles. The van der Waals surface area contributed by atoms with Gasteiger partial charge in [0.1, 0.15) is 0 Å². The van der Waals surface area contributed by atoms with E-state index >= 15 is 0 Å². The number of benzene rings is 2. The van der Waals surface area contributed by atoms with Crippen LogP contribution >= 0.6 is 0 Å². The molecule has 112 valence electrons. The molecule has 0 atom stereocenters. The lowest BCUT2D eigenvalue weighted by Gasteiger charge is -2.17. The minimum atomic E-state index is -0.413. The Morgan fingerprint density at radius 2 is 1.68 bits per heavy atom. The van der Waals surface area contributed by atoms with Crippen LogP contribution in [0.4, 0.5) is 0 Å². The Hall–Kier alpha value is -2.35. The zero-order valence-corrected chi connectivity index (χ0v) is 13.6. The van der Waals surface area contributed by atoms with Gasteiger partial charge in [0.2, 0.25) is 5.91 Å². The van der Waals surface area contributed by atoms with Gasteiger partial charge in [-0.2, -0.15) is 0 Å². The number of hydrogen-bond donors (Lipinski definition) is 0. The van der Waals surface area contributed by atoms with Crippen LogP contribution in [0.1, 0.15) is 31.1 Å². The molecule has 0 fully saturated rings. The third kappa shape index (κ3) is 2.45. The highest BCUT2D eigenvalue weighted by molar-refractivity contribution is 6.03. The number of hydrogen-bond acceptors (Lipinski definition) is 1. The lowest BCUT2D eigenvalue weighted by Crippen LogP contribution is -2.26. The van der Waals surface area contributed by atoms with E-state index in [2.05, 4.69) is 37.3 Å². The Balaban J connectivity index is 2.30. The van der Waals surface area contributed by atoms with E-state index < -0.39 is 5.41 Å². The van der Waals surface area contributed by atoms with Crippen LogP contribution in [0, 0.1) is 12.3 Å². The van der Waals surface area contributed by atoms with Crippen molar-refractivity contribution in [1.29, 1.82) is 0 Å². The molecule has 0 amide bonds. The van der Waals surface area contributed by atoms with Gasteiger partial charge in [-0.1, -0.05) is 63.2 Å². The van der Waals surface area contributed by atoms with Crippen LogP contribution < -0.4 is 0 Å². The standard InChI is InChI=1S/C20H21NO/c1-14-10-11-16-17(15-8-6-5-7-9-15)13-21(18(16)12-14)19(22)20(2,3)4/h5-13H,1-4H3. The minimum Gasteiger partial charge on any atom is -0.286 e. The first kappa shape index (κ1) is 14.6. The summed E-state index contributed by atoms with van der Waals surface area (Å²) < 4.78 is 1.81. The molecule has 3 aromatic rings. The summed E-state index contributed by atoms with van der Waals surface area (Å²) in [4.78, 5) is 12.8. The number of nitrogens with zero attached hydrogens (tertiary/aromatic N) is 1. The van der Waals surface area contributed by atoms with E-state index in [1.807, 2.05) is 49.7 Å². The molecule has 0 saturated carbocycles. The van der Waals surface area contributed by atoms with Crippen LogP contribution in [-0.4, -0.2) is 10.5 Å². The molecule has 2 nitrogen and oxygen atoms in total. The fourth-order valence-corrected chi connectivity index (χ4v) is 2.71. The van der Waals surface area contributed by atoms with Crippen LogP contribution in [0.3, 0.4) is 0 Å². The molecule has 2 aromatic carbocycles. The van der Waals surface area contributed by atoms with Crippen molar-refractivity contribution in [2.45, 2.75) is 27.7 Å². The molecule has 0 N–H and O–H groups in total. The Bertz CT molecular complexity index is 835. The highest BCUT2D eigenvalue weighted by Crippen LogP contribution is 2.33. The van der Waals surface area contributed by atoms with E-state index in [1.165, 1.54) is 0 Å². The van der Waals surface area contributed by atoms with Gasteiger partial charge in [0.05, 0.1) is 5.52 Å². The summed E-state index contributed by atoms with van der Waals surface area (Å²) in [7, 11) is 0. The van der Waals surface area contributed by atoms with Gasteiger partial charge in [-0.3, -0.25) is 9.36 Å². The number of fused-ring (bicyclic) bond motifs is 1. The van der Waals surface area contributed by atoms with Crippen molar-refractivity contribution in [3.05, 3.63) is 60.3 Å². The van der Waals surface area contributed by atoms with Gasteiger partial charge in [-0.05, 0) is 24.1 Å². The van der Waals surface area contributed by atoms with E-state index in [1.54, 1.807) is 0 Å². The molecule has 0 saturated heterocycles. The molecule has 2 heteroatoms. The SMILES string of the molecule is Cc1ccc2c(-c3ccccc3)cn(C(=O)C(C)(C)C)c2c1. The maximum absolute atomic E-state index is 12.8. The number of rotatable bonds is 1. The average molecular weight is 291 g/mol. The normalized spacial score (nSPS) is 11.8. The van der Waals surface area contributed by atoms with Gasteiger partial charge in [-0.15, -0.1) is 0 Å². The molecule has 1 heterocycles. The highest BCUT2D eigenvalue weighted by Gasteiger charge is 2.25. The lowest BCUT2D eigenvalue weighted by atomic mass is 9.95. The molecular weight excluding hydrogens is 270 g/mol. The molecule has 0 spiro atoms. The Labute approximate surface area is 131 Å². The van der Waals surface area contributed by atoms with E-state index in [9.17, 15) is 4.79 Å². The predicted molar refractivity (Wildman–Crippen MR) is 92.2 cm³/mol. The second kappa shape index (κ2) is 5.13. The fourth-order valence-electron chi connectivity index (χ4n) is 2.71. The zero-order valence-electron chi connectivity index (χ0n) is 13.6. The molecule has 0 aliphatic carbocycles.